The van der Waals surface area contributed by atoms with Crippen molar-refractivity contribution in [2.24, 2.45) is 0 Å². The van der Waals surface area contributed by atoms with Gasteiger partial charge in [0.15, 0.2) is 0 Å². The number of carbonyl (C=O) groups is 2. The highest BCUT2D eigenvalue weighted by atomic mass is 79.9. The molecular formula is C37H39BrClN3O4S. The van der Waals surface area contributed by atoms with Gasteiger partial charge in [-0.05, 0) is 85.0 Å². The standard InChI is InChI=1S/C37H39BrClN3O4S/c1-27-10-8-17-33(22-27)42(47(45,46)34-20-18-31(39)19-21-34)26-36(43)41(25-29-13-9-14-30(38)23-29)35(24-28-11-4-2-5-12-28)37(44)40-32-15-6-3-7-16-32/h2,4-5,8-14,17-23,32,35H,3,6-7,15-16,24-26H2,1H3,(H,40,44)/t35-/m1/s1. The van der Waals surface area contributed by atoms with E-state index in [1.54, 1.807) is 18.2 Å². The van der Waals surface area contributed by atoms with Crippen molar-refractivity contribution < 1.29 is 18.0 Å². The minimum absolute atomic E-state index is 0.00521. The number of nitrogens with one attached hydrogen (secondary N) is 1. The number of rotatable bonds is 12. The van der Waals surface area contributed by atoms with Crippen molar-refractivity contribution in [1.82, 2.24) is 10.2 Å². The SMILES string of the molecule is Cc1cccc(N(CC(=O)N(Cc2cccc(Br)c2)[C@H](Cc2ccccc2)C(=O)NC2CCCCC2)S(=O)(=O)c2ccc(Cl)cc2)c1. The molecule has 4 aromatic carbocycles. The van der Waals surface area contributed by atoms with Crippen molar-refractivity contribution in [2.75, 3.05) is 10.8 Å². The van der Waals surface area contributed by atoms with Crippen molar-refractivity contribution in [3.8, 4) is 0 Å². The van der Waals surface area contributed by atoms with Gasteiger partial charge in [-0.25, -0.2) is 8.42 Å². The topological polar surface area (TPSA) is 86.8 Å². The smallest absolute Gasteiger partial charge is 0.264 e. The van der Waals surface area contributed by atoms with Crippen LogP contribution < -0.4 is 9.62 Å². The molecule has 1 atom stereocenters. The van der Waals surface area contributed by atoms with Gasteiger partial charge in [0.2, 0.25) is 11.8 Å². The second-order valence-corrected chi connectivity index (χ2v) is 15.2. The van der Waals surface area contributed by atoms with E-state index in [2.05, 4.69) is 21.2 Å². The molecule has 10 heteroatoms. The molecule has 1 saturated carbocycles. The van der Waals surface area contributed by atoms with Crippen LogP contribution in [-0.4, -0.2) is 43.8 Å². The maximum absolute atomic E-state index is 14.7. The highest BCUT2D eigenvalue weighted by Gasteiger charge is 2.35. The Morgan fingerprint density at radius 2 is 1.55 bits per heavy atom. The van der Waals surface area contributed by atoms with Crippen LogP contribution in [0.4, 0.5) is 5.69 Å². The van der Waals surface area contributed by atoms with Gasteiger partial charge in [0, 0.05) is 28.5 Å². The first kappa shape index (κ1) is 34.7. The summed E-state index contributed by atoms with van der Waals surface area (Å²) in [4.78, 5) is 30.4. The molecule has 1 aliphatic rings. The molecule has 0 saturated heterocycles. The van der Waals surface area contributed by atoms with Crippen LogP contribution in [0.1, 0.15) is 48.8 Å². The highest BCUT2D eigenvalue weighted by molar-refractivity contribution is 9.10. The Labute approximate surface area is 291 Å². The summed E-state index contributed by atoms with van der Waals surface area (Å²) in [6.07, 6.45) is 5.29. The summed E-state index contributed by atoms with van der Waals surface area (Å²) in [6.45, 7) is 1.46. The molecule has 2 amide bonds. The predicted molar refractivity (Wildman–Crippen MR) is 191 cm³/mol. The molecule has 4 aromatic rings. The summed E-state index contributed by atoms with van der Waals surface area (Å²) < 4.78 is 30.4. The zero-order valence-corrected chi connectivity index (χ0v) is 29.5. The number of hydrogen-bond donors (Lipinski definition) is 1. The first-order chi connectivity index (χ1) is 22.6. The van der Waals surface area contributed by atoms with Crippen molar-refractivity contribution >= 4 is 55.1 Å². The summed E-state index contributed by atoms with van der Waals surface area (Å²) >= 11 is 9.61. The van der Waals surface area contributed by atoms with E-state index in [9.17, 15) is 18.0 Å². The number of benzene rings is 4. The van der Waals surface area contributed by atoms with Gasteiger partial charge in [-0.1, -0.05) is 101 Å². The van der Waals surface area contributed by atoms with Crippen LogP contribution in [-0.2, 0) is 32.6 Å². The van der Waals surface area contributed by atoms with Gasteiger partial charge in [-0.2, -0.15) is 0 Å². The monoisotopic (exact) mass is 735 g/mol. The third-order valence-electron chi connectivity index (χ3n) is 8.43. The number of hydrogen-bond acceptors (Lipinski definition) is 4. The molecular weight excluding hydrogens is 698 g/mol. The Morgan fingerprint density at radius 1 is 0.872 bits per heavy atom. The summed E-state index contributed by atoms with van der Waals surface area (Å²) in [5.74, 6) is -0.740. The number of amides is 2. The number of nitrogens with zero attached hydrogens (tertiary/aromatic N) is 2. The van der Waals surface area contributed by atoms with Crippen LogP contribution in [0.5, 0.6) is 0 Å². The molecule has 1 fully saturated rings. The average Bonchev–Trinajstić information content (AvgIpc) is 3.06. The van der Waals surface area contributed by atoms with Gasteiger partial charge in [-0.3, -0.25) is 13.9 Å². The molecule has 0 aliphatic heterocycles. The fourth-order valence-corrected chi connectivity index (χ4v) is 7.95. The molecule has 0 radical (unpaired) electrons. The third kappa shape index (κ3) is 9.24. The fourth-order valence-electron chi connectivity index (χ4n) is 5.98. The zero-order valence-electron chi connectivity index (χ0n) is 26.3. The molecule has 0 unspecified atom stereocenters. The van der Waals surface area contributed by atoms with Crippen molar-refractivity contribution in [2.45, 2.75) is 69.0 Å². The normalized spacial score (nSPS) is 14.3. The summed E-state index contributed by atoms with van der Waals surface area (Å²) in [5, 5.41) is 3.64. The van der Waals surface area contributed by atoms with Gasteiger partial charge < -0.3 is 10.2 Å². The van der Waals surface area contributed by atoms with Gasteiger partial charge in [-0.15, -0.1) is 0 Å². The number of anilines is 1. The van der Waals surface area contributed by atoms with Gasteiger partial charge >= 0.3 is 0 Å². The van der Waals surface area contributed by atoms with Crippen molar-refractivity contribution in [3.05, 3.63) is 129 Å². The van der Waals surface area contributed by atoms with Crippen LogP contribution in [0.15, 0.2) is 112 Å². The van der Waals surface area contributed by atoms with E-state index in [0.717, 1.165) is 57.6 Å². The second kappa shape index (κ2) is 16.0. The van der Waals surface area contributed by atoms with E-state index in [1.165, 1.54) is 29.2 Å². The lowest BCUT2D eigenvalue weighted by Gasteiger charge is -2.35. The van der Waals surface area contributed by atoms with Crippen molar-refractivity contribution in [3.63, 3.8) is 0 Å². The molecule has 246 valence electrons. The Balaban J connectivity index is 1.56. The van der Waals surface area contributed by atoms with Crippen LogP contribution in [0.3, 0.4) is 0 Å². The number of sulfonamides is 1. The molecule has 0 spiro atoms. The number of carbonyl (C=O) groups excluding carboxylic acids is 2. The Bertz CT molecular complexity index is 1780. The summed E-state index contributed by atoms with van der Waals surface area (Å²) in [5.41, 5.74) is 2.89. The first-order valence-electron chi connectivity index (χ1n) is 15.8. The van der Waals surface area contributed by atoms with E-state index in [1.807, 2.05) is 67.6 Å². The largest absolute Gasteiger partial charge is 0.352 e. The van der Waals surface area contributed by atoms with Crippen LogP contribution in [0, 0.1) is 6.92 Å². The molecule has 1 N–H and O–H groups in total. The Kier molecular flexibility index (Phi) is 11.8. The van der Waals surface area contributed by atoms with E-state index in [0.29, 0.717) is 10.7 Å². The Morgan fingerprint density at radius 3 is 2.23 bits per heavy atom. The zero-order chi connectivity index (χ0) is 33.4. The van der Waals surface area contributed by atoms with E-state index in [-0.39, 0.29) is 29.8 Å². The number of aryl methyl sites for hydroxylation is 1. The molecule has 5 rings (SSSR count). The first-order valence-corrected chi connectivity index (χ1v) is 18.4. The number of halogens is 2. The molecule has 0 heterocycles. The molecule has 1 aliphatic carbocycles. The van der Waals surface area contributed by atoms with Gasteiger partial charge in [0.05, 0.1) is 10.6 Å². The van der Waals surface area contributed by atoms with E-state index < -0.39 is 28.5 Å². The summed E-state index contributed by atoms with van der Waals surface area (Å²) in [7, 11) is -4.20. The van der Waals surface area contributed by atoms with Crippen LogP contribution >= 0.6 is 27.5 Å². The minimum Gasteiger partial charge on any atom is -0.352 e. The molecule has 7 nitrogen and oxygen atoms in total. The maximum Gasteiger partial charge on any atom is 0.264 e. The lowest BCUT2D eigenvalue weighted by atomic mass is 9.94. The molecule has 0 aromatic heterocycles. The summed E-state index contributed by atoms with van der Waals surface area (Å²) in [6, 6.07) is 29.2. The lowest BCUT2D eigenvalue weighted by molar-refractivity contribution is -0.140. The minimum atomic E-state index is -4.20. The Hall–Kier alpha value is -3.66. The maximum atomic E-state index is 14.7. The van der Waals surface area contributed by atoms with Crippen LogP contribution in [0.2, 0.25) is 5.02 Å². The lowest BCUT2D eigenvalue weighted by Crippen LogP contribution is -2.55. The van der Waals surface area contributed by atoms with Crippen molar-refractivity contribution in [1.29, 1.82) is 0 Å². The van der Waals surface area contributed by atoms with Gasteiger partial charge in [0.1, 0.15) is 12.6 Å². The van der Waals surface area contributed by atoms with Gasteiger partial charge in [0.25, 0.3) is 10.0 Å². The molecule has 0 bridgehead atoms. The third-order valence-corrected chi connectivity index (χ3v) is 11.0. The highest BCUT2D eigenvalue weighted by Crippen LogP contribution is 2.27. The fraction of sp³-hybridized carbons (Fsp3) is 0.297. The quantitative estimate of drug-likeness (QED) is 0.162. The van der Waals surface area contributed by atoms with E-state index in [4.69, 9.17) is 11.6 Å². The van der Waals surface area contributed by atoms with Crippen LogP contribution in [0.25, 0.3) is 0 Å². The molecule has 47 heavy (non-hydrogen) atoms. The second-order valence-electron chi connectivity index (χ2n) is 12.0. The van der Waals surface area contributed by atoms with E-state index >= 15 is 0 Å². The predicted octanol–water partition coefficient (Wildman–Crippen LogP) is 7.70. The average molecular weight is 737 g/mol.